The minimum Gasteiger partial charge on any atom is -0.462 e. The Morgan fingerprint density at radius 3 is 2.24 bits per heavy atom. The molecule has 1 heterocycles. The van der Waals surface area contributed by atoms with Crippen LogP contribution in [0, 0.1) is 6.92 Å². The van der Waals surface area contributed by atoms with Gasteiger partial charge in [-0.05, 0) is 45.7 Å². The number of nitrogens with two attached hydrogens (primary N) is 1. The van der Waals surface area contributed by atoms with E-state index in [9.17, 15) is 9.59 Å². The summed E-state index contributed by atoms with van der Waals surface area (Å²) in [5, 5.41) is 0. The summed E-state index contributed by atoms with van der Waals surface area (Å²) in [5.74, 6) is -0.890. The second-order valence-corrected chi connectivity index (χ2v) is 4.31. The van der Waals surface area contributed by atoms with Gasteiger partial charge in [0.15, 0.2) is 0 Å². The monoisotopic (exact) mass is 318 g/mol. The fourth-order valence-corrected chi connectivity index (χ4v) is 2.01. The topological polar surface area (TPSA) is 94.4 Å². The number of H-pyrrole nitrogens is 1. The highest BCUT2D eigenvalue weighted by Gasteiger charge is 2.24. The minimum atomic E-state index is -0.463. The van der Waals surface area contributed by atoms with Gasteiger partial charge in [0.1, 0.15) is 5.69 Å². The number of hydrogen-bond donors (Lipinski definition) is 2. The zero-order chi connectivity index (χ0) is 15.1. The Kier molecular flexibility index (Phi) is 8.73. The van der Waals surface area contributed by atoms with Crippen molar-refractivity contribution < 1.29 is 19.1 Å². The third-order valence-corrected chi connectivity index (χ3v) is 2.92. The van der Waals surface area contributed by atoms with Crippen molar-refractivity contribution in [2.45, 2.75) is 33.6 Å². The Hall–Kier alpha value is -1.53. The van der Waals surface area contributed by atoms with Gasteiger partial charge in [0, 0.05) is 5.69 Å². The van der Waals surface area contributed by atoms with Crippen LogP contribution in [0.2, 0.25) is 0 Å². The number of halogens is 1. The van der Waals surface area contributed by atoms with E-state index in [1.54, 1.807) is 20.8 Å². The Morgan fingerprint density at radius 1 is 1.14 bits per heavy atom. The van der Waals surface area contributed by atoms with E-state index in [2.05, 4.69) is 4.98 Å². The zero-order valence-electron chi connectivity index (χ0n) is 12.7. The number of aromatic nitrogens is 1. The average Bonchev–Trinajstić information content (AvgIpc) is 2.74. The molecule has 0 aromatic carbocycles. The van der Waals surface area contributed by atoms with Crippen LogP contribution < -0.4 is 5.73 Å². The van der Waals surface area contributed by atoms with Crippen LogP contribution in [0.4, 0.5) is 0 Å². The molecule has 0 bridgehead atoms. The average molecular weight is 319 g/mol. The molecule has 0 unspecified atom stereocenters. The van der Waals surface area contributed by atoms with Gasteiger partial charge in [-0.1, -0.05) is 0 Å². The third-order valence-electron chi connectivity index (χ3n) is 2.92. The molecule has 1 rings (SSSR count). The summed E-state index contributed by atoms with van der Waals surface area (Å²) in [4.78, 5) is 26.9. The van der Waals surface area contributed by atoms with E-state index < -0.39 is 11.9 Å². The number of hydrogen-bond acceptors (Lipinski definition) is 5. The van der Waals surface area contributed by atoms with Crippen LogP contribution in [0.15, 0.2) is 0 Å². The van der Waals surface area contributed by atoms with E-state index in [1.165, 1.54) is 0 Å². The second kappa shape index (κ2) is 9.41. The van der Waals surface area contributed by atoms with Crippen molar-refractivity contribution in [3.63, 3.8) is 0 Å². The Morgan fingerprint density at radius 2 is 1.71 bits per heavy atom. The van der Waals surface area contributed by atoms with E-state index in [0.717, 1.165) is 0 Å². The van der Waals surface area contributed by atoms with Crippen molar-refractivity contribution in [2.24, 2.45) is 5.73 Å². The molecule has 6 nitrogen and oxygen atoms in total. The first-order valence-corrected chi connectivity index (χ1v) is 6.82. The SMILES string of the molecule is CCOC(=O)c1[nH]c(CCCN)c(C(=O)OCC)c1C.Cl. The lowest BCUT2D eigenvalue weighted by atomic mass is 10.1. The molecule has 0 fully saturated rings. The molecule has 0 aliphatic carbocycles. The Balaban J connectivity index is 0.00000400. The Bertz CT molecular complexity index is 486. The van der Waals surface area contributed by atoms with Crippen LogP contribution in [-0.4, -0.2) is 36.7 Å². The molecule has 0 saturated carbocycles. The highest BCUT2D eigenvalue weighted by molar-refractivity contribution is 5.98. The smallest absolute Gasteiger partial charge is 0.355 e. The highest BCUT2D eigenvalue weighted by Crippen LogP contribution is 2.21. The fourth-order valence-electron chi connectivity index (χ4n) is 2.01. The summed E-state index contributed by atoms with van der Waals surface area (Å²) in [6.07, 6.45) is 1.31. The lowest BCUT2D eigenvalue weighted by Crippen LogP contribution is -2.10. The predicted molar refractivity (Wildman–Crippen MR) is 82.1 cm³/mol. The fraction of sp³-hybridized carbons (Fsp3) is 0.571. The van der Waals surface area contributed by atoms with Crippen LogP contribution in [0.25, 0.3) is 0 Å². The van der Waals surface area contributed by atoms with E-state index in [-0.39, 0.29) is 25.6 Å². The molecular weight excluding hydrogens is 296 g/mol. The summed E-state index contributed by atoms with van der Waals surface area (Å²) in [6.45, 7) is 6.26. The molecule has 1 aromatic heterocycles. The first kappa shape index (κ1) is 19.5. The molecule has 0 atom stereocenters. The lowest BCUT2D eigenvalue weighted by molar-refractivity contribution is 0.0517. The number of aryl methyl sites for hydroxylation is 1. The quantitative estimate of drug-likeness (QED) is 0.750. The number of esters is 2. The lowest BCUT2D eigenvalue weighted by Gasteiger charge is -2.04. The van der Waals surface area contributed by atoms with Crippen molar-refractivity contribution in [3.8, 4) is 0 Å². The third kappa shape index (κ3) is 4.75. The molecular formula is C14H23ClN2O4. The molecule has 0 radical (unpaired) electrons. The van der Waals surface area contributed by atoms with Gasteiger partial charge in [-0.15, -0.1) is 12.4 Å². The van der Waals surface area contributed by atoms with E-state index in [0.29, 0.717) is 41.9 Å². The largest absolute Gasteiger partial charge is 0.462 e. The van der Waals surface area contributed by atoms with Gasteiger partial charge in [0.2, 0.25) is 0 Å². The second-order valence-electron chi connectivity index (χ2n) is 4.31. The molecule has 120 valence electrons. The van der Waals surface area contributed by atoms with Gasteiger partial charge in [0.05, 0.1) is 18.8 Å². The molecule has 3 N–H and O–H groups in total. The number of rotatable bonds is 7. The van der Waals surface area contributed by atoms with Crippen LogP contribution in [0.1, 0.15) is 52.4 Å². The van der Waals surface area contributed by atoms with Gasteiger partial charge in [-0.2, -0.15) is 0 Å². The van der Waals surface area contributed by atoms with E-state index in [4.69, 9.17) is 15.2 Å². The number of aromatic amines is 1. The molecule has 0 aliphatic rings. The summed E-state index contributed by atoms with van der Waals surface area (Å²) in [6, 6.07) is 0. The summed E-state index contributed by atoms with van der Waals surface area (Å²) >= 11 is 0. The zero-order valence-corrected chi connectivity index (χ0v) is 13.5. The Labute approximate surface area is 130 Å². The van der Waals surface area contributed by atoms with E-state index in [1.807, 2.05) is 0 Å². The maximum atomic E-state index is 12.0. The van der Waals surface area contributed by atoms with Gasteiger partial charge < -0.3 is 20.2 Å². The predicted octanol–water partition coefficient (Wildman–Crippen LogP) is 1.99. The first-order chi connectivity index (χ1) is 9.56. The maximum absolute atomic E-state index is 12.0. The van der Waals surface area contributed by atoms with Crippen molar-refractivity contribution >= 4 is 24.3 Å². The van der Waals surface area contributed by atoms with Gasteiger partial charge in [0.25, 0.3) is 0 Å². The van der Waals surface area contributed by atoms with Gasteiger partial charge in [-0.25, -0.2) is 9.59 Å². The summed E-state index contributed by atoms with van der Waals surface area (Å²) in [5.41, 5.74) is 7.46. The minimum absolute atomic E-state index is 0. The van der Waals surface area contributed by atoms with Gasteiger partial charge in [-0.3, -0.25) is 0 Å². The van der Waals surface area contributed by atoms with Crippen LogP contribution in [0.3, 0.4) is 0 Å². The van der Waals surface area contributed by atoms with Crippen molar-refractivity contribution in [1.29, 1.82) is 0 Å². The molecule has 0 spiro atoms. The maximum Gasteiger partial charge on any atom is 0.355 e. The molecule has 0 amide bonds. The number of carbonyl (C=O) groups excluding carboxylic acids is 2. The number of carbonyl (C=O) groups is 2. The van der Waals surface area contributed by atoms with Crippen LogP contribution in [0.5, 0.6) is 0 Å². The van der Waals surface area contributed by atoms with Gasteiger partial charge >= 0.3 is 11.9 Å². The molecule has 0 aliphatic heterocycles. The molecule has 0 saturated heterocycles. The standard InChI is InChI=1S/C14H22N2O4.ClH/c1-4-19-13(17)11-9(3)12(14(18)20-5-2)16-10(11)7-6-8-15;/h16H,4-8,15H2,1-3H3;1H. The number of ether oxygens (including phenoxy) is 2. The van der Waals surface area contributed by atoms with Crippen LogP contribution in [-0.2, 0) is 15.9 Å². The highest BCUT2D eigenvalue weighted by atomic mass is 35.5. The molecule has 1 aromatic rings. The van der Waals surface area contributed by atoms with Crippen molar-refractivity contribution in [2.75, 3.05) is 19.8 Å². The summed E-state index contributed by atoms with van der Waals surface area (Å²) in [7, 11) is 0. The van der Waals surface area contributed by atoms with Crippen molar-refractivity contribution in [1.82, 2.24) is 4.98 Å². The van der Waals surface area contributed by atoms with Crippen molar-refractivity contribution in [3.05, 3.63) is 22.5 Å². The van der Waals surface area contributed by atoms with Crippen LogP contribution >= 0.6 is 12.4 Å². The molecule has 21 heavy (non-hydrogen) atoms. The first-order valence-electron chi connectivity index (χ1n) is 6.82. The van der Waals surface area contributed by atoms with E-state index >= 15 is 0 Å². The normalized spacial score (nSPS) is 9.90. The summed E-state index contributed by atoms with van der Waals surface area (Å²) < 4.78 is 10.0. The number of nitrogens with one attached hydrogen (secondary N) is 1. The molecule has 7 heteroatoms.